The van der Waals surface area contributed by atoms with Gasteiger partial charge >= 0.3 is 0 Å². The van der Waals surface area contributed by atoms with E-state index in [2.05, 4.69) is 0 Å². The average Bonchev–Trinajstić information content (AvgIpc) is 2.98. The van der Waals surface area contributed by atoms with Crippen LogP contribution in [0.15, 0.2) is 0 Å². The van der Waals surface area contributed by atoms with Crippen molar-refractivity contribution in [1.29, 1.82) is 0 Å². The van der Waals surface area contributed by atoms with Gasteiger partial charge in [-0.25, -0.2) is 0 Å². The van der Waals surface area contributed by atoms with Gasteiger partial charge in [0, 0.05) is 0 Å². The summed E-state index contributed by atoms with van der Waals surface area (Å²) in [6.45, 7) is 1.04. The summed E-state index contributed by atoms with van der Waals surface area (Å²) in [5.41, 5.74) is 0. The molecule has 20 atom stereocenters. The predicted molar refractivity (Wildman–Crippen MR) is 131 cm³/mol. The van der Waals surface area contributed by atoms with E-state index in [1.807, 2.05) is 0 Å². The molecule has 0 aromatic carbocycles. The van der Waals surface area contributed by atoms with Crippen LogP contribution in [0.5, 0.6) is 0 Å². The van der Waals surface area contributed by atoms with Crippen molar-refractivity contribution in [3.05, 3.63) is 0 Å². The first-order valence-corrected chi connectivity index (χ1v) is 13.8. The summed E-state index contributed by atoms with van der Waals surface area (Å²) in [6, 6.07) is 0. The van der Waals surface area contributed by atoms with Gasteiger partial charge in [-0.1, -0.05) is 0 Å². The first-order valence-electron chi connectivity index (χ1n) is 13.8. The lowest BCUT2D eigenvalue weighted by Crippen LogP contribution is -2.67. The second-order valence-electron chi connectivity index (χ2n) is 11.1. The summed E-state index contributed by atoms with van der Waals surface area (Å²) >= 11 is 0. The van der Waals surface area contributed by atoms with Gasteiger partial charge < -0.3 is 94.4 Å². The van der Waals surface area contributed by atoms with Gasteiger partial charge in [0.2, 0.25) is 0 Å². The van der Waals surface area contributed by atoms with Crippen LogP contribution in [0.4, 0.5) is 0 Å². The van der Waals surface area contributed by atoms with Crippen LogP contribution < -0.4 is 0 Å². The minimum atomic E-state index is -1.97. The molecule has 4 aliphatic rings. The third-order valence-electron chi connectivity index (χ3n) is 8.13. The Morgan fingerprint density at radius 1 is 0.419 bits per heavy atom. The van der Waals surface area contributed by atoms with Crippen molar-refractivity contribution in [3.63, 3.8) is 0 Å². The molecule has 4 heterocycles. The van der Waals surface area contributed by atoms with Crippen LogP contribution in [-0.4, -0.2) is 197 Å². The highest BCUT2D eigenvalue weighted by Crippen LogP contribution is 2.35. The molecule has 0 spiro atoms. The SMILES string of the molecule is C[C@@H]1O[C@@H](O[C@H]2[C@H](O[C@H]3[C@H](O[C@H]4O[C@H](C)[C@H](O)[C@H](O)[C@H]4O)[C@@H](O)[C@H](O)O[C@@H]3CO)O[C@H](CO)[C@H](O)[C@@H]2O)[C@@H](O)[C@H](O)[C@@H]1O. The molecule has 0 aliphatic carbocycles. The molecule has 0 aromatic rings. The standard InChI is InChI=1S/C24H42O19/c1-5-9(27)12(30)15(33)22(37-5)42-19-17(35)21(36)39-8(4-26)18(19)41-24-20(14(32)11(29)7(3-25)40-24)43-23-16(34)13(31)10(28)6(2)38-23/h5-36H,3-4H2,1-2H3/t5-,6+,7-,8-,9+,10-,11+,12+,13-,14+,15-,16+,17-,18-,19-,20-,21-,22-,23+,24+/m1/s1. The third-order valence-corrected chi connectivity index (χ3v) is 8.13. The highest BCUT2D eigenvalue weighted by Gasteiger charge is 2.55. The molecule has 43 heavy (non-hydrogen) atoms. The van der Waals surface area contributed by atoms with E-state index < -0.39 is 136 Å². The molecule has 0 amide bonds. The van der Waals surface area contributed by atoms with E-state index in [9.17, 15) is 61.3 Å². The van der Waals surface area contributed by atoms with Gasteiger partial charge in [0.1, 0.15) is 85.5 Å². The maximum atomic E-state index is 10.9. The molecule has 0 unspecified atom stereocenters. The zero-order valence-electron chi connectivity index (χ0n) is 23.2. The summed E-state index contributed by atoms with van der Waals surface area (Å²) < 4.78 is 38.9. The van der Waals surface area contributed by atoms with Crippen LogP contribution in [0.2, 0.25) is 0 Å². The van der Waals surface area contributed by atoms with Crippen molar-refractivity contribution in [3.8, 4) is 0 Å². The van der Waals surface area contributed by atoms with Crippen LogP contribution in [0.25, 0.3) is 0 Å². The van der Waals surface area contributed by atoms with Crippen molar-refractivity contribution in [2.24, 2.45) is 0 Å². The molecule has 252 valence electrons. The Balaban J connectivity index is 1.62. The van der Waals surface area contributed by atoms with Crippen LogP contribution in [0, 0.1) is 0 Å². The van der Waals surface area contributed by atoms with E-state index in [0.29, 0.717) is 0 Å². The Morgan fingerprint density at radius 3 is 1.37 bits per heavy atom. The molecule has 4 fully saturated rings. The fourth-order valence-corrected chi connectivity index (χ4v) is 5.40. The fourth-order valence-electron chi connectivity index (χ4n) is 5.40. The van der Waals surface area contributed by atoms with Gasteiger partial charge in [-0.3, -0.25) is 0 Å². The lowest BCUT2D eigenvalue weighted by Gasteiger charge is -2.49. The maximum Gasteiger partial charge on any atom is 0.187 e. The summed E-state index contributed by atoms with van der Waals surface area (Å²) in [6.07, 6.45) is -33.2. The van der Waals surface area contributed by atoms with Crippen molar-refractivity contribution in [2.45, 2.75) is 137 Å². The molecule has 12 N–H and O–H groups in total. The van der Waals surface area contributed by atoms with E-state index in [-0.39, 0.29) is 0 Å². The lowest BCUT2D eigenvalue weighted by atomic mass is 9.95. The second-order valence-corrected chi connectivity index (χ2v) is 11.1. The molecule has 0 aromatic heterocycles. The molecule has 4 aliphatic heterocycles. The van der Waals surface area contributed by atoms with E-state index in [1.165, 1.54) is 13.8 Å². The van der Waals surface area contributed by atoms with Crippen molar-refractivity contribution in [2.75, 3.05) is 13.2 Å². The Labute approximate surface area is 244 Å². The Morgan fingerprint density at radius 2 is 0.884 bits per heavy atom. The van der Waals surface area contributed by atoms with E-state index in [4.69, 9.17) is 33.2 Å². The topological polar surface area (TPSA) is 307 Å². The minimum Gasteiger partial charge on any atom is -0.394 e. The monoisotopic (exact) mass is 634 g/mol. The fraction of sp³-hybridized carbons (Fsp3) is 1.00. The van der Waals surface area contributed by atoms with Crippen LogP contribution in [-0.2, 0) is 33.2 Å². The Hall–Kier alpha value is -0.760. The highest BCUT2D eigenvalue weighted by atomic mass is 16.8. The first-order chi connectivity index (χ1) is 20.2. The number of hydrogen-bond donors (Lipinski definition) is 12. The maximum absolute atomic E-state index is 10.9. The number of hydrogen-bond acceptors (Lipinski definition) is 19. The second kappa shape index (κ2) is 14.3. The number of rotatable bonds is 8. The van der Waals surface area contributed by atoms with Gasteiger partial charge in [-0.15, -0.1) is 0 Å². The molecule has 4 rings (SSSR count). The molecule has 0 bridgehead atoms. The summed E-state index contributed by atoms with van der Waals surface area (Å²) in [5, 5.41) is 123. The summed E-state index contributed by atoms with van der Waals surface area (Å²) in [5.74, 6) is 0. The zero-order chi connectivity index (χ0) is 31.9. The third kappa shape index (κ3) is 7.00. The predicted octanol–water partition coefficient (Wildman–Crippen LogP) is -7.69. The normalized spacial score (nSPS) is 54.8. The summed E-state index contributed by atoms with van der Waals surface area (Å²) in [4.78, 5) is 0. The molecule has 19 heteroatoms. The molecular weight excluding hydrogens is 592 g/mol. The van der Waals surface area contributed by atoms with Gasteiger partial charge in [0.25, 0.3) is 0 Å². The number of aliphatic hydroxyl groups is 12. The molecular formula is C24H42O19. The van der Waals surface area contributed by atoms with Gasteiger partial charge in [0.15, 0.2) is 25.2 Å². The first kappa shape index (κ1) is 35.1. The minimum absolute atomic E-state index is 0.832. The molecule has 0 radical (unpaired) electrons. The number of ether oxygens (including phenoxy) is 7. The van der Waals surface area contributed by atoms with Gasteiger partial charge in [0.05, 0.1) is 25.4 Å². The quantitative estimate of drug-likeness (QED) is 0.118. The van der Waals surface area contributed by atoms with Gasteiger partial charge in [-0.2, -0.15) is 0 Å². The van der Waals surface area contributed by atoms with Crippen molar-refractivity contribution >= 4 is 0 Å². The Bertz CT molecular complexity index is 886. The molecule has 4 saturated heterocycles. The average molecular weight is 635 g/mol. The zero-order valence-corrected chi connectivity index (χ0v) is 23.2. The van der Waals surface area contributed by atoms with Gasteiger partial charge in [-0.05, 0) is 13.8 Å². The van der Waals surface area contributed by atoms with Crippen LogP contribution >= 0.6 is 0 Å². The highest BCUT2D eigenvalue weighted by molar-refractivity contribution is 4.97. The Kier molecular flexibility index (Phi) is 11.7. The summed E-state index contributed by atoms with van der Waals surface area (Å²) in [7, 11) is 0. The largest absolute Gasteiger partial charge is 0.394 e. The number of aliphatic hydroxyl groups excluding tert-OH is 12. The van der Waals surface area contributed by atoms with Crippen molar-refractivity contribution in [1.82, 2.24) is 0 Å². The smallest absolute Gasteiger partial charge is 0.187 e. The van der Waals surface area contributed by atoms with Crippen LogP contribution in [0.1, 0.15) is 13.8 Å². The van der Waals surface area contributed by atoms with E-state index in [1.54, 1.807) is 0 Å². The molecule has 0 saturated carbocycles. The van der Waals surface area contributed by atoms with E-state index in [0.717, 1.165) is 0 Å². The molecule has 19 nitrogen and oxygen atoms in total. The van der Waals surface area contributed by atoms with Crippen molar-refractivity contribution < 1.29 is 94.4 Å². The lowest BCUT2D eigenvalue weighted by molar-refractivity contribution is -0.398. The van der Waals surface area contributed by atoms with Crippen LogP contribution in [0.3, 0.4) is 0 Å². The van der Waals surface area contributed by atoms with E-state index >= 15 is 0 Å².